The van der Waals surface area contributed by atoms with Crippen LogP contribution in [0.1, 0.15) is 19.3 Å². The molecule has 1 aromatic rings. The highest BCUT2D eigenvalue weighted by Crippen LogP contribution is 2.26. The number of carbonyl (C=O) groups excluding carboxylic acids is 1. The van der Waals surface area contributed by atoms with Crippen LogP contribution in [0.5, 0.6) is 0 Å². The molecule has 0 saturated carbocycles. The summed E-state index contributed by atoms with van der Waals surface area (Å²) in [5.41, 5.74) is 0. The summed E-state index contributed by atoms with van der Waals surface area (Å²) in [6, 6.07) is 3.37. The molecule has 128 valence electrons. The lowest BCUT2D eigenvalue weighted by molar-refractivity contribution is -0.126. The van der Waals surface area contributed by atoms with Gasteiger partial charge in [-0.1, -0.05) is 6.07 Å². The van der Waals surface area contributed by atoms with E-state index >= 15 is 0 Å². The number of hydrogen-bond acceptors (Lipinski definition) is 5. The molecule has 0 aromatic carbocycles. The summed E-state index contributed by atoms with van der Waals surface area (Å²) in [7, 11) is -3.39. The lowest BCUT2D eigenvalue weighted by Gasteiger charge is -2.30. The van der Waals surface area contributed by atoms with Crippen molar-refractivity contribution in [1.82, 2.24) is 9.62 Å². The van der Waals surface area contributed by atoms with E-state index in [0.29, 0.717) is 42.6 Å². The number of nitrogens with one attached hydrogen (secondary N) is 1. The number of ether oxygens (including phenoxy) is 1. The van der Waals surface area contributed by atoms with Crippen LogP contribution in [-0.4, -0.2) is 51.5 Å². The van der Waals surface area contributed by atoms with Gasteiger partial charge in [-0.15, -0.1) is 11.3 Å². The van der Waals surface area contributed by atoms with Crippen molar-refractivity contribution < 1.29 is 17.9 Å². The van der Waals surface area contributed by atoms with Crippen LogP contribution < -0.4 is 5.32 Å². The zero-order valence-electron chi connectivity index (χ0n) is 12.9. The second-order valence-corrected chi connectivity index (χ2v) is 9.20. The average Bonchev–Trinajstić information content (AvgIpc) is 3.26. The maximum atomic E-state index is 12.4. The summed E-state index contributed by atoms with van der Waals surface area (Å²) in [5.74, 6) is 0.371. The number of hydrogen-bond donors (Lipinski definition) is 1. The Bertz CT molecular complexity index is 616. The number of amides is 1. The van der Waals surface area contributed by atoms with Gasteiger partial charge in [0.15, 0.2) is 0 Å². The van der Waals surface area contributed by atoms with Crippen molar-refractivity contribution in [2.75, 3.05) is 32.8 Å². The van der Waals surface area contributed by atoms with Gasteiger partial charge in [-0.25, -0.2) is 8.42 Å². The third-order valence-electron chi connectivity index (χ3n) is 4.50. The van der Waals surface area contributed by atoms with Gasteiger partial charge in [-0.3, -0.25) is 4.79 Å². The molecule has 0 radical (unpaired) electrons. The summed E-state index contributed by atoms with van der Waals surface area (Å²) in [6.07, 6.45) is 2.16. The van der Waals surface area contributed by atoms with Crippen LogP contribution in [0.15, 0.2) is 21.7 Å². The van der Waals surface area contributed by atoms with Gasteiger partial charge < -0.3 is 10.1 Å². The number of sulfonamides is 1. The van der Waals surface area contributed by atoms with Crippen molar-refractivity contribution in [3.8, 4) is 0 Å². The molecule has 1 N–H and O–H groups in total. The molecule has 23 heavy (non-hydrogen) atoms. The fourth-order valence-electron chi connectivity index (χ4n) is 3.03. The summed E-state index contributed by atoms with van der Waals surface area (Å²) in [5, 5.41) is 4.75. The Hall–Kier alpha value is -0.960. The van der Waals surface area contributed by atoms with Crippen LogP contribution in [-0.2, 0) is 19.6 Å². The summed E-state index contributed by atoms with van der Waals surface area (Å²) in [4.78, 5) is 12.2. The Kier molecular flexibility index (Phi) is 5.35. The van der Waals surface area contributed by atoms with Crippen LogP contribution in [0.3, 0.4) is 0 Å². The Labute approximate surface area is 140 Å². The highest BCUT2D eigenvalue weighted by molar-refractivity contribution is 7.91. The third-order valence-corrected chi connectivity index (χ3v) is 7.77. The molecule has 8 heteroatoms. The lowest BCUT2D eigenvalue weighted by Crippen LogP contribution is -2.43. The number of piperidine rings is 1. The molecule has 6 nitrogen and oxygen atoms in total. The Morgan fingerprint density at radius 1 is 1.35 bits per heavy atom. The molecule has 2 saturated heterocycles. The molecular formula is C15H22N2O4S2. The van der Waals surface area contributed by atoms with Crippen LogP contribution in [0, 0.1) is 11.8 Å². The van der Waals surface area contributed by atoms with Gasteiger partial charge in [0, 0.05) is 38.1 Å². The van der Waals surface area contributed by atoms with Gasteiger partial charge in [-0.05, 0) is 30.7 Å². The molecule has 1 unspecified atom stereocenters. The molecule has 0 aliphatic carbocycles. The maximum absolute atomic E-state index is 12.4. The van der Waals surface area contributed by atoms with Crippen molar-refractivity contribution in [2.24, 2.45) is 11.8 Å². The van der Waals surface area contributed by atoms with Crippen molar-refractivity contribution in [2.45, 2.75) is 23.5 Å². The third kappa shape index (κ3) is 3.93. The standard InChI is InChI=1S/C15H22N2O4S2/c18-15(16-10-12-5-8-21-11-12)13-3-6-17(7-4-13)23(19,20)14-2-1-9-22-14/h1-2,9,12-13H,3-8,10-11H2,(H,16,18). The minimum absolute atomic E-state index is 0.0464. The van der Waals surface area contributed by atoms with Crippen LogP contribution in [0.2, 0.25) is 0 Å². The zero-order chi connectivity index (χ0) is 16.3. The van der Waals surface area contributed by atoms with Crippen molar-refractivity contribution in [3.05, 3.63) is 17.5 Å². The topological polar surface area (TPSA) is 75.7 Å². The number of rotatable bonds is 5. The molecule has 1 atom stereocenters. The van der Waals surface area contributed by atoms with E-state index in [0.717, 1.165) is 19.6 Å². The second kappa shape index (κ2) is 7.29. The number of carbonyl (C=O) groups is 1. The first-order chi connectivity index (χ1) is 11.1. The van der Waals surface area contributed by atoms with Crippen molar-refractivity contribution in [1.29, 1.82) is 0 Å². The molecular weight excluding hydrogens is 336 g/mol. The Morgan fingerprint density at radius 3 is 2.74 bits per heavy atom. The molecule has 2 aliphatic heterocycles. The maximum Gasteiger partial charge on any atom is 0.252 e. The molecule has 1 amide bonds. The van der Waals surface area contributed by atoms with Gasteiger partial charge >= 0.3 is 0 Å². The fourth-order valence-corrected chi connectivity index (χ4v) is 5.64. The first-order valence-electron chi connectivity index (χ1n) is 7.96. The van der Waals surface area contributed by atoms with E-state index in [2.05, 4.69) is 5.32 Å². The van der Waals surface area contributed by atoms with Gasteiger partial charge in [0.2, 0.25) is 5.91 Å². The summed E-state index contributed by atoms with van der Waals surface area (Å²) < 4.78 is 32.1. The van der Waals surface area contributed by atoms with Crippen LogP contribution >= 0.6 is 11.3 Å². The SMILES string of the molecule is O=C(NCC1CCOC1)C1CCN(S(=O)(=O)c2cccs2)CC1. The molecule has 1 aromatic heterocycles. The molecule has 2 aliphatic rings. The quantitative estimate of drug-likeness (QED) is 0.861. The first-order valence-corrected chi connectivity index (χ1v) is 10.3. The fraction of sp³-hybridized carbons (Fsp3) is 0.667. The van der Waals surface area contributed by atoms with E-state index in [9.17, 15) is 13.2 Å². The molecule has 2 fully saturated rings. The molecule has 3 rings (SSSR count). The molecule has 0 bridgehead atoms. The smallest absolute Gasteiger partial charge is 0.252 e. The highest BCUT2D eigenvalue weighted by atomic mass is 32.2. The minimum atomic E-state index is -3.39. The van der Waals surface area contributed by atoms with E-state index in [1.807, 2.05) is 0 Å². The van der Waals surface area contributed by atoms with E-state index in [1.165, 1.54) is 15.6 Å². The van der Waals surface area contributed by atoms with Gasteiger partial charge in [0.1, 0.15) is 4.21 Å². The van der Waals surface area contributed by atoms with Gasteiger partial charge in [-0.2, -0.15) is 4.31 Å². The largest absolute Gasteiger partial charge is 0.381 e. The van der Waals surface area contributed by atoms with Crippen LogP contribution in [0.25, 0.3) is 0 Å². The minimum Gasteiger partial charge on any atom is -0.381 e. The van der Waals surface area contributed by atoms with E-state index in [-0.39, 0.29) is 11.8 Å². The first kappa shape index (κ1) is 16.9. The number of nitrogens with zero attached hydrogens (tertiary/aromatic N) is 1. The van der Waals surface area contributed by atoms with E-state index in [4.69, 9.17) is 4.74 Å². The summed E-state index contributed by atoms with van der Waals surface area (Å²) >= 11 is 1.23. The highest BCUT2D eigenvalue weighted by Gasteiger charge is 2.32. The normalized spacial score (nSPS) is 23.9. The van der Waals surface area contributed by atoms with E-state index < -0.39 is 10.0 Å². The number of thiophene rings is 1. The van der Waals surface area contributed by atoms with Gasteiger partial charge in [0.25, 0.3) is 10.0 Å². The van der Waals surface area contributed by atoms with Crippen molar-refractivity contribution in [3.63, 3.8) is 0 Å². The molecule has 3 heterocycles. The zero-order valence-corrected chi connectivity index (χ0v) is 14.6. The van der Waals surface area contributed by atoms with Crippen molar-refractivity contribution >= 4 is 27.3 Å². The Morgan fingerprint density at radius 2 is 2.13 bits per heavy atom. The predicted molar refractivity (Wildman–Crippen MR) is 87.7 cm³/mol. The van der Waals surface area contributed by atoms with E-state index in [1.54, 1.807) is 17.5 Å². The van der Waals surface area contributed by atoms with Crippen LogP contribution in [0.4, 0.5) is 0 Å². The monoisotopic (exact) mass is 358 g/mol. The second-order valence-electron chi connectivity index (χ2n) is 6.09. The summed E-state index contributed by atoms with van der Waals surface area (Å²) in [6.45, 7) is 2.97. The molecule has 0 spiro atoms. The lowest BCUT2D eigenvalue weighted by atomic mass is 9.97. The predicted octanol–water partition coefficient (Wildman–Crippen LogP) is 1.30. The Balaban J connectivity index is 1.49. The van der Waals surface area contributed by atoms with Gasteiger partial charge in [0.05, 0.1) is 6.61 Å². The average molecular weight is 358 g/mol.